The first-order valence-electron chi connectivity index (χ1n) is 7.02. The third-order valence-electron chi connectivity index (χ3n) is 3.03. The molecule has 116 valence electrons. The van der Waals surface area contributed by atoms with Crippen molar-refractivity contribution in [2.24, 2.45) is 0 Å². The number of aromatic nitrogens is 1. The smallest absolute Gasteiger partial charge is 0.312 e. The van der Waals surface area contributed by atoms with Crippen LogP contribution in [0.25, 0.3) is 0 Å². The number of thiazole rings is 1. The van der Waals surface area contributed by atoms with E-state index in [-0.39, 0.29) is 18.9 Å². The monoisotopic (exact) mass is 318 g/mol. The van der Waals surface area contributed by atoms with Gasteiger partial charge < -0.3 is 9.64 Å². The van der Waals surface area contributed by atoms with Crippen molar-refractivity contribution in [2.45, 2.75) is 20.3 Å². The predicted molar refractivity (Wildman–Crippen MR) is 86.0 cm³/mol. The highest BCUT2D eigenvalue weighted by Crippen LogP contribution is 2.13. The predicted octanol–water partition coefficient (Wildman–Crippen LogP) is 2.59. The molecule has 0 bridgehead atoms. The van der Waals surface area contributed by atoms with Crippen LogP contribution in [0.5, 0.6) is 0 Å². The second-order valence-electron chi connectivity index (χ2n) is 4.67. The van der Waals surface area contributed by atoms with Gasteiger partial charge >= 0.3 is 5.97 Å². The largest absolute Gasteiger partial charge is 0.455 e. The number of anilines is 1. The number of carbonyl (C=O) groups is 2. The minimum atomic E-state index is -0.442. The summed E-state index contributed by atoms with van der Waals surface area (Å²) in [5.74, 6) is -0.681. The minimum absolute atomic E-state index is 0.0923. The maximum atomic E-state index is 12.2. The van der Waals surface area contributed by atoms with E-state index >= 15 is 0 Å². The summed E-state index contributed by atoms with van der Waals surface area (Å²) in [6.07, 6.45) is 0.0923. The van der Waals surface area contributed by atoms with Gasteiger partial charge in [-0.15, -0.1) is 11.3 Å². The second-order valence-corrected chi connectivity index (χ2v) is 5.73. The van der Waals surface area contributed by atoms with Crippen molar-refractivity contribution in [3.05, 3.63) is 46.4 Å². The second kappa shape index (κ2) is 7.70. The molecule has 0 spiro atoms. The molecule has 0 aliphatic rings. The van der Waals surface area contributed by atoms with Crippen LogP contribution in [0.3, 0.4) is 0 Å². The van der Waals surface area contributed by atoms with Crippen LogP contribution < -0.4 is 4.90 Å². The summed E-state index contributed by atoms with van der Waals surface area (Å²) >= 11 is 1.48. The van der Waals surface area contributed by atoms with Gasteiger partial charge in [0, 0.05) is 17.6 Å². The fourth-order valence-electron chi connectivity index (χ4n) is 2.02. The zero-order valence-electron chi connectivity index (χ0n) is 12.6. The fraction of sp³-hybridized carbons (Fsp3) is 0.312. The van der Waals surface area contributed by atoms with E-state index in [1.54, 1.807) is 4.90 Å². The molecule has 0 aliphatic heterocycles. The van der Waals surface area contributed by atoms with Crippen molar-refractivity contribution in [1.82, 2.24) is 4.98 Å². The zero-order chi connectivity index (χ0) is 15.9. The summed E-state index contributed by atoms with van der Waals surface area (Å²) in [5.41, 5.74) is 1.47. The van der Waals surface area contributed by atoms with Crippen molar-refractivity contribution < 1.29 is 14.3 Å². The Morgan fingerprint density at radius 2 is 2.00 bits per heavy atom. The van der Waals surface area contributed by atoms with Gasteiger partial charge in [0.15, 0.2) is 6.61 Å². The average molecular weight is 318 g/mol. The Kier molecular flexibility index (Phi) is 5.66. The molecule has 1 aromatic heterocycles. The number of para-hydroxylation sites is 1. The molecule has 6 heteroatoms. The summed E-state index contributed by atoms with van der Waals surface area (Å²) in [5, 5.41) is 2.72. The summed E-state index contributed by atoms with van der Waals surface area (Å²) in [4.78, 5) is 29.7. The molecule has 0 saturated heterocycles. The lowest BCUT2D eigenvalue weighted by Gasteiger charge is -2.20. The summed E-state index contributed by atoms with van der Waals surface area (Å²) in [7, 11) is 0. The number of benzene rings is 1. The van der Waals surface area contributed by atoms with Crippen molar-refractivity contribution in [1.29, 1.82) is 0 Å². The first-order chi connectivity index (χ1) is 10.6. The number of hydrogen-bond donors (Lipinski definition) is 0. The number of esters is 1. The Morgan fingerprint density at radius 3 is 2.59 bits per heavy atom. The fourth-order valence-corrected chi connectivity index (χ4v) is 2.63. The summed E-state index contributed by atoms with van der Waals surface area (Å²) in [6.45, 7) is 4.02. The van der Waals surface area contributed by atoms with Crippen LogP contribution in [0.15, 0.2) is 35.7 Å². The van der Waals surface area contributed by atoms with Crippen molar-refractivity contribution >= 4 is 28.9 Å². The number of likely N-dealkylation sites (N-methyl/N-ethyl adjacent to an activating group) is 1. The van der Waals surface area contributed by atoms with E-state index in [9.17, 15) is 9.59 Å². The highest BCUT2D eigenvalue weighted by Gasteiger charge is 2.16. The maximum Gasteiger partial charge on any atom is 0.312 e. The molecular weight excluding hydrogens is 300 g/mol. The van der Waals surface area contributed by atoms with Crippen LogP contribution >= 0.6 is 11.3 Å². The van der Waals surface area contributed by atoms with Gasteiger partial charge in [0.2, 0.25) is 0 Å². The summed E-state index contributed by atoms with van der Waals surface area (Å²) < 4.78 is 5.06. The van der Waals surface area contributed by atoms with Gasteiger partial charge in [0.25, 0.3) is 5.91 Å². The molecule has 22 heavy (non-hydrogen) atoms. The number of amides is 1. The topological polar surface area (TPSA) is 59.5 Å². The van der Waals surface area contributed by atoms with Crippen LogP contribution in [0.1, 0.15) is 17.6 Å². The van der Waals surface area contributed by atoms with Crippen LogP contribution in [0.4, 0.5) is 5.69 Å². The molecule has 0 aliphatic carbocycles. The molecule has 1 heterocycles. The quantitative estimate of drug-likeness (QED) is 0.768. The Balaban J connectivity index is 1.87. The van der Waals surface area contributed by atoms with Gasteiger partial charge in [-0.25, -0.2) is 4.98 Å². The number of carbonyl (C=O) groups excluding carboxylic acids is 2. The molecule has 2 rings (SSSR count). The maximum absolute atomic E-state index is 12.2. The number of hydrogen-bond acceptors (Lipinski definition) is 5. The average Bonchev–Trinajstić information content (AvgIpc) is 2.92. The van der Waals surface area contributed by atoms with Gasteiger partial charge in [-0.1, -0.05) is 18.2 Å². The lowest BCUT2D eigenvalue weighted by Crippen LogP contribution is -2.34. The Labute approximate surface area is 133 Å². The number of nitrogens with zero attached hydrogens (tertiary/aromatic N) is 2. The molecule has 5 nitrogen and oxygen atoms in total. The zero-order valence-corrected chi connectivity index (χ0v) is 13.4. The highest BCUT2D eigenvalue weighted by atomic mass is 32.1. The van der Waals surface area contributed by atoms with Crippen molar-refractivity contribution in [2.75, 3.05) is 18.1 Å². The molecule has 0 radical (unpaired) electrons. The van der Waals surface area contributed by atoms with E-state index in [0.717, 1.165) is 10.7 Å². The van der Waals surface area contributed by atoms with E-state index in [0.29, 0.717) is 12.2 Å². The SMILES string of the molecule is CCN(C(=O)COC(=O)Cc1csc(C)n1)c1ccccc1. The molecule has 2 aromatic rings. The summed E-state index contributed by atoms with van der Waals surface area (Å²) in [6, 6.07) is 9.31. The lowest BCUT2D eigenvalue weighted by molar-refractivity contribution is -0.147. The third kappa shape index (κ3) is 4.39. The molecular formula is C16H18N2O3S. The Bertz CT molecular complexity index is 640. The molecule has 0 N–H and O–H groups in total. The molecule has 0 fully saturated rings. The number of rotatable bonds is 6. The Morgan fingerprint density at radius 1 is 1.27 bits per heavy atom. The highest BCUT2D eigenvalue weighted by molar-refractivity contribution is 7.09. The van der Waals surface area contributed by atoms with Crippen LogP contribution in [0, 0.1) is 6.92 Å². The Hall–Kier alpha value is -2.21. The molecule has 0 saturated carbocycles. The van der Waals surface area contributed by atoms with E-state index in [2.05, 4.69) is 4.98 Å². The molecule has 0 unspecified atom stereocenters. The van der Waals surface area contributed by atoms with Gasteiger partial charge in [-0.05, 0) is 26.0 Å². The van der Waals surface area contributed by atoms with E-state index in [1.807, 2.05) is 49.6 Å². The van der Waals surface area contributed by atoms with Gasteiger partial charge in [0.05, 0.1) is 17.1 Å². The normalized spacial score (nSPS) is 10.3. The van der Waals surface area contributed by atoms with Crippen LogP contribution in [-0.2, 0) is 20.7 Å². The van der Waals surface area contributed by atoms with E-state index in [1.165, 1.54) is 11.3 Å². The van der Waals surface area contributed by atoms with Crippen LogP contribution in [-0.4, -0.2) is 30.0 Å². The standard InChI is InChI=1S/C16H18N2O3S/c1-3-18(14-7-5-4-6-8-14)15(19)10-21-16(20)9-13-11-22-12(2)17-13/h4-8,11H,3,9-10H2,1-2H3. The van der Waals surface area contributed by atoms with Gasteiger partial charge in [-0.3, -0.25) is 9.59 Å². The third-order valence-corrected chi connectivity index (χ3v) is 3.86. The number of ether oxygens (including phenoxy) is 1. The van der Waals surface area contributed by atoms with Gasteiger partial charge in [0.1, 0.15) is 0 Å². The number of aryl methyl sites for hydroxylation is 1. The molecule has 1 aromatic carbocycles. The molecule has 0 atom stereocenters. The first kappa shape index (κ1) is 16.2. The molecule has 1 amide bonds. The van der Waals surface area contributed by atoms with Gasteiger partial charge in [-0.2, -0.15) is 0 Å². The van der Waals surface area contributed by atoms with E-state index < -0.39 is 5.97 Å². The lowest BCUT2D eigenvalue weighted by atomic mass is 10.3. The van der Waals surface area contributed by atoms with Crippen molar-refractivity contribution in [3.63, 3.8) is 0 Å². The van der Waals surface area contributed by atoms with E-state index in [4.69, 9.17) is 4.74 Å². The first-order valence-corrected chi connectivity index (χ1v) is 7.90. The van der Waals surface area contributed by atoms with Crippen LogP contribution in [0.2, 0.25) is 0 Å². The minimum Gasteiger partial charge on any atom is -0.455 e. The van der Waals surface area contributed by atoms with Crippen molar-refractivity contribution in [3.8, 4) is 0 Å².